The molecule has 0 radical (unpaired) electrons. The summed E-state index contributed by atoms with van der Waals surface area (Å²) in [5.41, 5.74) is 9.56. The van der Waals surface area contributed by atoms with Gasteiger partial charge < -0.3 is 5.73 Å². The monoisotopic (exact) mass is 260 g/mol. The van der Waals surface area contributed by atoms with Crippen molar-refractivity contribution >= 4 is 11.4 Å². The molecular weight excluding hydrogens is 234 g/mol. The first-order chi connectivity index (χ1) is 9.13. The Kier molecular flexibility index (Phi) is 3.27. The summed E-state index contributed by atoms with van der Waals surface area (Å²) in [5.74, 6) is 0. The molecule has 0 amide bonds. The van der Waals surface area contributed by atoms with E-state index in [9.17, 15) is 0 Å². The van der Waals surface area contributed by atoms with Crippen LogP contribution < -0.4 is 10.3 Å². The second kappa shape index (κ2) is 4.80. The molecule has 1 aromatic rings. The summed E-state index contributed by atoms with van der Waals surface area (Å²) in [7, 11) is 0. The van der Waals surface area contributed by atoms with Crippen LogP contribution in [0.5, 0.6) is 0 Å². The third-order valence-corrected chi connectivity index (χ3v) is 5.05. The molecule has 0 spiro atoms. The molecule has 3 heteroatoms. The Bertz CT molecular complexity index is 463. The molecule has 1 aromatic carbocycles. The number of hydrogen-bond donors (Lipinski definition) is 1. The molecule has 0 bridgehead atoms. The zero-order valence-electron chi connectivity index (χ0n) is 12.2. The molecule has 3 nitrogen and oxygen atoms in total. The number of nitrogens with zero attached hydrogens (tertiary/aromatic N) is 2. The van der Waals surface area contributed by atoms with E-state index in [0.717, 1.165) is 10.3 Å². The topological polar surface area (TPSA) is 29.3 Å². The van der Waals surface area contributed by atoms with Crippen LogP contribution in [0, 0.1) is 6.92 Å². The first-order valence-electron chi connectivity index (χ1n) is 7.64. The van der Waals surface area contributed by atoms with Crippen molar-refractivity contribution in [3.8, 4) is 0 Å². The summed E-state index contributed by atoms with van der Waals surface area (Å²) >= 11 is 0. The minimum absolute atomic E-state index is 0.705. The van der Waals surface area contributed by atoms with Crippen LogP contribution in [0.15, 0.2) is 18.2 Å². The summed E-state index contributed by atoms with van der Waals surface area (Å²) in [4.78, 5) is 0. The Morgan fingerprint density at radius 2 is 1.95 bits per heavy atom. The number of benzene rings is 1. The second-order valence-electron chi connectivity index (χ2n) is 6.27. The van der Waals surface area contributed by atoms with Crippen molar-refractivity contribution in [2.24, 2.45) is 0 Å². The van der Waals surface area contributed by atoms with Crippen LogP contribution in [-0.4, -0.2) is 30.7 Å². The van der Waals surface area contributed by atoms with Gasteiger partial charge in [0.1, 0.15) is 13.1 Å². The van der Waals surface area contributed by atoms with Crippen molar-refractivity contribution < 1.29 is 0 Å². The van der Waals surface area contributed by atoms with Gasteiger partial charge in [-0.15, -0.1) is 5.01 Å². The third-order valence-electron chi connectivity index (χ3n) is 5.05. The predicted octanol–water partition coefficient (Wildman–Crippen LogP) is 3.08. The second-order valence-corrected chi connectivity index (χ2v) is 6.27. The normalized spacial score (nSPS) is 26.9. The highest BCUT2D eigenvalue weighted by molar-refractivity contribution is 5.56. The summed E-state index contributed by atoms with van der Waals surface area (Å²) in [5, 5.41) is 2.72. The Labute approximate surface area is 116 Å². The lowest BCUT2D eigenvalue weighted by Crippen LogP contribution is -2.61. The van der Waals surface area contributed by atoms with Crippen LogP contribution in [0.1, 0.15) is 38.2 Å². The van der Waals surface area contributed by atoms with E-state index >= 15 is 0 Å². The zero-order chi connectivity index (χ0) is 13.5. The fraction of sp³-hybridized carbons (Fsp3) is 0.625. The van der Waals surface area contributed by atoms with Crippen LogP contribution in [0.2, 0.25) is 0 Å². The van der Waals surface area contributed by atoms with E-state index in [1.165, 1.54) is 56.6 Å². The van der Waals surface area contributed by atoms with Gasteiger partial charge in [-0.05, 0) is 38.3 Å². The molecule has 0 aromatic heterocycles. The SMILES string of the molecule is Cc1cc([N+]2(N3CCC[C@@H]3C)CCCC2)ccc1N. The number of nitrogen functional groups attached to an aromatic ring is 1. The van der Waals surface area contributed by atoms with Crippen molar-refractivity contribution in [3.63, 3.8) is 0 Å². The molecule has 104 valence electrons. The van der Waals surface area contributed by atoms with E-state index in [1.54, 1.807) is 0 Å². The molecule has 2 aliphatic heterocycles. The fourth-order valence-electron chi connectivity index (χ4n) is 3.93. The number of aryl methyl sites for hydroxylation is 1. The van der Waals surface area contributed by atoms with E-state index in [0.29, 0.717) is 6.04 Å². The van der Waals surface area contributed by atoms with E-state index in [4.69, 9.17) is 5.73 Å². The Morgan fingerprint density at radius 1 is 1.21 bits per heavy atom. The van der Waals surface area contributed by atoms with Crippen LogP contribution in [0.25, 0.3) is 0 Å². The van der Waals surface area contributed by atoms with Crippen LogP contribution in [0.3, 0.4) is 0 Å². The summed E-state index contributed by atoms with van der Waals surface area (Å²) in [6.45, 7) is 8.26. The number of hydrogen-bond acceptors (Lipinski definition) is 2. The number of quaternary nitrogens is 1. The van der Waals surface area contributed by atoms with E-state index in [-0.39, 0.29) is 0 Å². The molecule has 2 aliphatic rings. The molecule has 3 rings (SSSR count). The van der Waals surface area contributed by atoms with Gasteiger partial charge in [-0.1, -0.05) is 0 Å². The maximum atomic E-state index is 5.99. The maximum absolute atomic E-state index is 5.99. The van der Waals surface area contributed by atoms with Gasteiger partial charge in [0, 0.05) is 37.2 Å². The minimum Gasteiger partial charge on any atom is -0.399 e. The van der Waals surface area contributed by atoms with E-state index < -0.39 is 0 Å². The first kappa shape index (κ1) is 12.9. The molecule has 2 N–H and O–H groups in total. The smallest absolute Gasteiger partial charge is 0.152 e. The van der Waals surface area contributed by atoms with Gasteiger partial charge in [-0.3, -0.25) is 0 Å². The van der Waals surface area contributed by atoms with Crippen molar-refractivity contribution in [2.45, 2.75) is 45.6 Å². The molecule has 19 heavy (non-hydrogen) atoms. The first-order valence-corrected chi connectivity index (χ1v) is 7.64. The van der Waals surface area contributed by atoms with Gasteiger partial charge in [0.15, 0.2) is 5.69 Å². The summed E-state index contributed by atoms with van der Waals surface area (Å²) in [6.07, 6.45) is 5.36. The van der Waals surface area contributed by atoms with Crippen molar-refractivity contribution in [1.82, 2.24) is 9.60 Å². The molecule has 2 saturated heterocycles. The Hall–Kier alpha value is -1.06. The average Bonchev–Trinajstić information content (AvgIpc) is 3.02. The molecule has 2 fully saturated rings. The lowest BCUT2D eigenvalue weighted by Gasteiger charge is -2.43. The molecule has 2 heterocycles. The molecular formula is C16H26N3+. The van der Waals surface area contributed by atoms with Crippen molar-refractivity contribution in [1.29, 1.82) is 0 Å². The van der Waals surface area contributed by atoms with E-state index in [2.05, 4.69) is 37.1 Å². The maximum Gasteiger partial charge on any atom is 0.152 e. The van der Waals surface area contributed by atoms with Crippen molar-refractivity contribution in [3.05, 3.63) is 23.8 Å². The predicted molar refractivity (Wildman–Crippen MR) is 81.8 cm³/mol. The van der Waals surface area contributed by atoms with Gasteiger partial charge in [-0.25, -0.2) is 4.59 Å². The number of nitrogens with two attached hydrogens (primary N) is 1. The minimum atomic E-state index is 0.705. The van der Waals surface area contributed by atoms with Gasteiger partial charge in [0.2, 0.25) is 0 Å². The molecule has 0 unspecified atom stereocenters. The molecule has 1 atom stereocenters. The molecule has 0 aliphatic carbocycles. The van der Waals surface area contributed by atoms with Crippen LogP contribution >= 0.6 is 0 Å². The highest BCUT2D eigenvalue weighted by Crippen LogP contribution is 2.37. The lowest BCUT2D eigenvalue weighted by molar-refractivity contribution is -0.00237. The quantitative estimate of drug-likeness (QED) is 0.654. The average molecular weight is 260 g/mol. The van der Waals surface area contributed by atoms with Crippen LogP contribution in [0.4, 0.5) is 11.4 Å². The Balaban J connectivity index is 2.02. The van der Waals surface area contributed by atoms with E-state index in [1.807, 2.05) is 0 Å². The van der Waals surface area contributed by atoms with Crippen molar-refractivity contribution in [2.75, 3.05) is 25.4 Å². The van der Waals surface area contributed by atoms with Gasteiger partial charge in [0.05, 0.1) is 6.04 Å². The molecule has 0 saturated carbocycles. The third kappa shape index (κ3) is 2.05. The number of rotatable bonds is 2. The van der Waals surface area contributed by atoms with Crippen LogP contribution in [-0.2, 0) is 0 Å². The zero-order valence-corrected chi connectivity index (χ0v) is 12.2. The highest BCUT2D eigenvalue weighted by atomic mass is 15.8. The largest absolute Gasteiger partial charge is 0.399 e. The summed E-state index contributed by atoms with van der Waals surface area (Å²) in [6, 6.07) is 7.35. The van der Waals surface area contributed by atoms with Gasteiger partial charge in [-0.2, -0.15) is 0 Å². The number of anilines is 1. The fourth-order valence-corrected chi connectivity index (χ4v) is 3.93. The summed E-state index contributed by atoms with van der Waals surface area (Å²) < 4.78 is 1.07. The Morgan fingerprint density at radius 3 is 2.53 bits per heavy atom. The lowest BCUT2D eigenvalue weighted by atomic mass is 10.1. The van der Waals surface area contributed by atoms with Gasteiger partial charge in [0.25, 0.3) is 0 Å². The standard InChI is InChI=1S/C16H26N3/c1-13-12-15(7-8-16(13)17)19(10-3-4-11-19)18-9-5-6-14(18)2/h7-8,12,14H,3-6,9-11,17H2,1-2H3/q+1/t14-/m0/s1. The highest BCUT2D eigenvalue weighted by Gasteiger charge is 2.45. The van der Waals surface area contributed by atoms with Gasteiger partial charge >= 0.3 is 0 Å².